The zero-order valence-electron chi connectivity index (χ0n) is 23.1. The molecule has 1 heterocycles. The Bertz CT molecular complexity index is 2160. The molecule has 0 saturated carbocycles. The summed E-state index contributed by atoms with van der Waals surface area (Å²) in [7, 11) is 1.72. The number of hydrogen-bond acceptors (Lipinski definition) is 2. The van der Waals surface area contributed by atoms with Crippen LogP contribution >= 0.6 is 11.3 Å². The third-order valence-electron chi connectivity index (χ3n) is 8.82. The second-order valence-electron chi connectivity index (χ2n) is 11.2. The molecule has 1 atom stereocenters. The summed E-state index contributed by atoms with van der Waals surface area (Å²) >= 11 is 1.97. The standard InChI is InChI=1S/C39H30OS/c1-40-33-20-18-31-23-30(16-17-32(31)24-33)29-8-4-7-28(22-29)25-12-14-27(15-13-25)35-10-5-11-36-37-21-19-26-6-2-3-9-34(26)39(37)41-38(35)36/h2-4,6-9,11-21,23-24,29H,5,10,22H2,1H3. The second kappa shape index (κ2) is 9.90. The van der Waals surface area contributed by atoms with Gasteiger partial charge in [0.15, 0.2) is 0 Å². The van der Waals surface area contributed by atoms with Crippen LogP contribution in [0.5, 0.6) is 5.75 Å². The number of thiophene rings is 1. The normalized spacial score (nSPS) is 16.6. The lowest BCUT2D eigenvalue weighted by atomic mass is 9.84. The van der Waals surface area contributed by atoms with E-state index in [0.717, 1.165) is 25.0 Å². The maximum atomic E-state index is 5.40. The molecule has 2 aliphatic rings. The molecule has 0 spiro atoms. The lowest BCUT2D eigenvalue weighted by Crippen LogP contribution is -2.25. The molecule has 6 aromatic rings. The van der Waals surface area contributed by atoms with Gasteiger partial charge in [-0.2, -0.15) is 0 Å². The van der Waals surface area contributed by atoms with Crippen LogP contribution in [0, 0.1) is 0 Å². The van der Waals surface area contributed by atoms with Crippen molar-refractivity contribution in [1.82, 2.24) is 0 Å². The molecule has 2 heteroatoms. The van der Waals surface area contributed by atoms with E-state index in [-0.39, 0.29) is 0 Å². The van der Waals surface area contributed by atoms with Gasteiger partial charge >= 0.3 is 0 Å². The summed E-state index contributed by atoms with van der Waals surface area (Å²) in [5.41, 5.74) is 6.92. The highest BCUT2D eigenvalue weighted by Crippen LogP contribution is 2.36. The molecule has 5 aromatic carbocycles. The lowest BCUT2D eigenvalue weighted by Gasteiger charge is -2.20. The van der Waals surface area contributed by atoms with Crippen LogP contribution in [0.1, 0.15) is 41.9 Å². The minimum atomic E-state index is 0.375. The Balaban J connectivity index is 1.11. The van der Waals surface area contributed by atoms with Gasteiger partial charge in [0.1, 0.15) is 5.75 Å². The van der Waals surface area contributed by atoms with Gasteiger partial charge in [-0.15, -0.1) is 11.3 Å². The van der Waals surface area contributed by atoms with Gasteiger partial charge in [-0.05, 0) is 86.0 Å². The van der Waals surface area contributed by atoms with Crippen molar-refractivity contribution in [3.63, 3.8) is 0 Å². The van der Waals surface area contributed by atoms with Gasteiger partial charge in [-0.1, -0.05) is 109 Å². The Labute approximate surface area is 244 Å². The summed E-state index contributed by atoms with van der Waals surface area (Å²) in [4.78, 5) is 0. The molecule has 8 rings (SSSR count). The molecule has 198 valence electrons. The first-order chi connectivity index (χ1) is 20.2. The summed E-state index contributed by atoms with van der Waals surface area (Å²) in [6, 6.07) is 35.9. The van der Waals surface area contributed by atoms with E-state index in [2.05, 4.69) is 115 Å². The average Bonchev–Trinajstić information content (AvgIpc) is 3.44. The van der Waals surface area contributed by atoms with Crippen LogP contribution in [0.3, 0.4) is 0 Å². The van der Waals surface area contributed by atoms with Gasteiger partial charge in [0.05, 0.1) is 7.11 Å². The van der Waals surface area contributed by atoms with Gasteiger partial charge in [-0.3, -0.25) is 0 Å². The fraction of sp³-hybridized carbons (Fsp3) is 0.128. The smallest absolute Gasteiger partial charge is 0.119 e. The Morgan fingerprint density at radius 3 is 2.46 bits per heavy atom. The van der Waals surface area contributed by atoms with Crippen LogP contribution in [0.2, 0.25) is 0 Å². The number of ether oxygens (including phenoxy) is 1. The number of fused-ring (bicyclic) bond motifs is 6. The molecule has 0 amide bonds. The van der Waals surface area contributed by atoms with Crippen LogP contribution in [-0.4, -0.2) is 7.11 Å². The van der Waals surface area contributed by atoms with E-state index in [1.54, 1.807) is 7.11 Å². The summed E-state index contributed by atoms with van der Waals surface area (Å²) in [6.45, 7) is 0. The van der Waals surface area contributed by atoms with Crippen LogP contribution in [0.25, 0.3) is 48.9 Å². The number of allylic oxidation sites excluding steroid dienone is 4. The highest BCUT2D eigenvalue weighted by atomic mass is 32.1. The van der Waals surface area contributed by atoms with Crippen molar-refractivity contribution in [3.05, 3.63) is 142 Å². The quantitative estimate of drug-likeness (QED) is 0.214. The van der Waals surface area contributed by atoms with E-state index in [0.29, 0.717) is 5.92 Å². The van der Waals surface area contributed by atoms with Crippen LogP contribution in [0.15, 0.2) is 115 Å². The van der Waals surface area contributed by atoms with Gasteiger partial charge in [-0.25, -0.2) is 0 Å². The molecule has 0 fully saturated rings. The van der Waals surface area contributed by atoms with Crippen molar-refractivity contribution in [3.8, 4) is 5.75 Å². The van der Waals surface area contributed by atoms with Crippen LogP contribution < -0.4 is 14.5 Å². The maximum absolute atomic E-state index is 5.40. The monoisotopic (exact) mass is 546 g/mol. The number of benzene rings is 5. The fourth-order valence-electron chi connectivity index (χ4n) is 6.63. The largest absolute Gasteiger partial charge is 0.497 e. The minimum absolute atomic E-state index is 0.375. The number of rotatable bonds is 4. The molecule has 0 saturated heterocycles. The Hall–Kier alpha value is -4.40. The first-order valence-electron chi connectivity index (χ1n) is 14.4. The average molecular weight is 547 g/mol. The molecule has 0 radical (unpaired) electrons. The van der Waals surface area contributed by atoms with Crippen LogP contribution in [0.4, 0.5) is 0 Å². The SMILES string of the molecule is COc1ccc2cc(C3C=CC=C(c4ccc(C5=c6sc7c(ccc8ccccc87)c6=CCC5)cc4)C3)ccc2c1. The lowest BCUT2D eigenvalue weighted by molar-refractivity contribution is 0.415. The molecule has 41 heavy (non-hydrogen) atoms. The summed E-state index contributed by atoms with van der Waals surface area (Å²) in [5, 5.41) is 7.99. The van der Waals surface area contributed by atoms with Crippen molar-refractivity contribution in [2.45, 2.75) is 25.2 Å². The Morgan fingerprint density at radius 2 is 1.56 bits per heavy atom. The van der Waals surface area contributed by atoms with E-state index < -0.39 is 0 Å². The fourth-order valence-corrected chi connectivity index (χ4v) is 8.06. The van der Waals surface area contributed by atoms with Gasteiger partial charge in [0, 0.05) is 20.5 Å². The summed E-state index contributed by atoms with van der Waals surface area (Å²) in [6.07, 6.45) is 12.5. The van der Waals surface area contributed by atoms with E-state index in [1.165, 1.54) is 69.2 Å². The first-order valence-corrected chi connectivity index (χ1v) is 15.3. The zero-order chi connectivity index (χ0) is 27.3. The Kier molecular flexibility index (Phi) is 5.89. The maximum Gasteiger partial charge on any atom is 0.119 e. The second-order valence-corrected chi connectivity index (χ2v) is 12.2. The van der Waals surface area contributed by atoms with Crippen molar-refractivity contribution in [1.29, 1.82) is 0 Å². The van der Waals surface area contributed by atoms with E-state index in [1.807, 2.05) is 17.4 Å². The van der Waals surface area contributed by atoms with Gasteiger partial charge in [0.25, 0.3) is 0 Å². The van der Waals surface area contributed by atoms with Gasteiger partial charge in [0.2, 0.25) is 0 Å². The minimum Gasteiger partial charge on any atom is -0.497 e. The predicted molar refractivity (Wildman–Crippen MR) is 176 cm³/mol. The Morgan fingerprint density at radius 1 is 0.756 bits per heavy atom. The highest BCUT2D eigenvalue weighted by molar-refractivity contribution is 7.18. The number of methoxy groups -OCH3 is 1. The summed E-state index contributed by atoms with van der Waals surface area (Å²) in [5.74, 6) is 1.28. The molecule has 0 N–H and O–H groups in total. The van der Waals surface area contributed by atoms with Crippen molar-refractivity contribution >= 4 is 60.2 Å². The third kappa shape index (κ3) is 4.22. The first kappa shape index (κ1) is 24.4. The van der Waals surface area contributed by atoms with E-state index >= 15 is 0 Å². The molecule has 1 unspecified atom stereocenters. The van der Waals surface area contributed by atoms with Crippen molar-refractivity contribution < 1.29 is 4.74 Å². The van der Waals surface area contributed by atoms with Crippen molar-refractivity contribution in [2.24, 2.45) is 0 Å². The third-order valence-corrected chi connectivity index (χ3v) is 10.1. The van der Waals surface area contributed by atoms with Crippen LogP contribution in [-0.2, 0) is 0 Å². The zero-order valence-corrected chi connectivity index (χ0v) is 23.9. The molecule has 0 bridgehead atoms. The highest BCUT2D eigenvalue weighted by Gasteiger charge is 2.17. The van der Waals surface area contributed by atoms with Gasteiger partial charge < -0.3 is 4.74 Å². The molecule has 2 aliphatic carbocycles. The molecular formula is C39H30OS. The van der Waals surface area contributed by atoms with Crippen molar-refractivity contribution in [2.75, 3.05) is 7.11 Å². The predicted octanol–water partition coefficient (Wildman–Crippen LogP) is 9.12. The molecular weight excluding hydrogens is 516 g/mol. The summed E-state index contributed by atoms with van der Waals surface area (Å²) < 4.78 is 8.27. The van der Waals surface area contributed by atoms with E-state index in [9.17, 15) is 0 Å². The van der Waals surface area contributed by atoms with E-state index in [4.69, 9.17) is 4.74 Å². The number of hydrogen-bond donors (Lipinski definition) is 0. The molecule has 1 aromatic heterocycles. The topological polar surface area (TPSA) is 9.23 Å². The molecule has 1 nitrogen and oxygen atoms in total. The molecule has 0 aliphatic heterocycles.